The van der Waals surface area contributed by atoms with Crippen LogP contribution >= 0.6 is 0 Å². The number of alkyl halides is 3. The van der Waals surface area contributed by atoms with E-state index < -0.39 is 11.8 Å². The monoisotopic (exact) mass is 189 g/mol. The standard InChI is InChI=1S/C9H8F3O/c1-8(13,9(10,11)12)7-5-3-2-4-6-7/h3-6,13H,1H3. The molecule has 4 heteroatoms. The number of hydrogen-bond donors (Lipinski definition) is 1. The molecule has 71 valence electrons. The number of rotatable bonds is 1. The summed E-state index contributed by atoms with van der Waals surface area (Å²) in [5.74, 6) is 0. The summed E-state index contributed by atoms with van der Waals surface area (Å²) in [4.78, 5) is 0. The quantitative estimate of drug-likeness (QED) is 0.718. The van der Waals surface area contributed by atoms with Crippen molar-refractivity contribution in [2.24, 2.45) is 0 Å². The number of halogens is 3. The van der Waals surface area contributed by atoms with Crippen molar-refractivity contribution in [1.29, 1.82) is 0 Å². The minimum atomic E-state index is -4.66. The molecule has 1 radical (unpaired) electrons. The second-order valence-corrected chi connectivity index (χ2v) is 2.86. The van der Waals surface area contributed by atoms with Gasteiger partial charge in [-0.2, -0.15) is 13.2 Å². The first-order chi connectivity index (χ1) is 5.86. The van der Waals surface area contributed by atoms with Crippen molar-refractivity contribution in [3.63, 3.8) is 0 Å². The summed E-state index contributed by atoms with van der Waals surface area (Å²) < 4.78 is 36.8. The van der Waals surface area contributed by atoms with Gasteiger partial charge in [-0.1, -0.05) is 24.3 Å². The molecule has 1 aromatic carbocycles. The molecular weight excluding hydrogens is 181 g/mol. The predicted octanol–water partition coefficient (Wildman–Crippen LogP) is 2.26. The Morgan fingerprint density at radius 3 is 2.08 bits per heavy atom. The van der Waals surface area contributed by atoms with Gasteiger partial charge in [0.2, 0.25) is 0 Å². The molecule has 0 amide bonds. The Kier molecular flexibility index (Phi) is 2.34. The van der Waals surface area contributed by atoms with E-state index in [9.17, 15) is 18.3 Å². The molecule has 0 fully saturated rings. The predicted molar refractivity (Wildman–Crippen MR) is 40.9 cm³/mol. The topological polar surface area (TPSA) is 20.2 Å². The minimum Gasteiger partial charge on any atom is -0.376 e. The lowest BCUT2D eigenvalue weighted by atomic mass is 9.96. The fraction of sp³-hybridized carbons (Fsp3) is 0.333. The minimum absolute atomic E-state index is 0.182. The van der Waals surface area contributed by atoms with E-state index in [1.807, 2.05) is 0 Å². The van der Waals surface area contributed by atoms with E-state index in [0.717, 1.165) is 6.92 Å². The summed E-state index contributed by atoms with van der Waals surface area (Å²) in [7, 11) is 0. The van der Waals surface area contributed by atoms with Gasteiger partial charge in [0.1, 0.15) is 0 Å². The van der Waals surface area contributed by atoms with Crippen LogP contribution in [0.3, 0.4) is 0 Å². The van der Waals surface area contributed by atoms with Crippen LogP contribution in [-0.2, 0) is 5.60 Å². The van der Waals surface area contributed by atoms with Gasteiger partial charge in [0.05, 0.1) is 0 Å². The van der Waals surface area contributed by atoms with Crippen LogP contribution in [0.25, 0.3) is 0 Å². The first kappa shape index (κ1) is 10.1. The van der Waals surface area contributed by atoms with E-state index in [4.69, 9.17) is 0 Å². The molecule has 0 aliphatic carbocycles. The molecule has 1 rings (SSSR count). The van der Waals surface area contributed by atoms with Crippen molar-refractivity contribution < 1.29 is 18.3 Å². The summed E-state index contributed by atoms with van der Waals surface area (Å²) in [5.41, 5.74) is -2.97. The van der Waals surface area contributed by atoms with Gasteiger partial charge in [0.15, 0.2) is 5.60 Å². The van der Waals surface area contributed by atoms with Gasteiger partial charge in [0.25, 0.3) is 0 Å². The lowest BCUT2D eigenvalue weighted by Gasteiger charge is -2.26. The highest BCUT2D eigenvalue weighted by atomic mass is 19.4. The van der Waals surface area contributed by atoms with E-state index in [0.29, 0.717) is 0 Å². The molecule has 0 aliphatic rings. The molecule has 1 atom stereocenters. The summed E-state index contributed by atoms with van der Waals surface area (Å²) in [6.07, 6.45) is -4.66. The van der Waals surface area contributed by atoms with Gasteiger partial charge in [0, 0.05) is 0 Å². The van der Waals surface area contributed by atoms with E-state index in [2.05, 4.69) is 6.07 Å². The van der Waals surface area contributed by atoms with Gasteiger partial charge < -0.3 is 5.11 Å². The lowest BCUT2D eigenvalue weighted by Crippen LogP contribution is -2.39. The maximum Gasteiger partial charge on any atom is 0.421 e. The number of benzene rings is 1. The van der Waals surface area contributed by atoms with Crippen LogP contribution in [0.15, 0.2) is 24.3 Å². The van der Waals surface area contributed by atoms with Crippen LogP contribution in [-0.4, -0.2) is 11.3 Å². The van der Waals surface area contributed by atoms with E-state index in [1.54, 1.807) is 0 Å². The molecule has 1 N–H and O–H groups in total. The van der Waals surface area contributed by atoms with Crippen LogP contribution in [0.2, 0.25) is 0 Å². The normalized spacial score (nSPS) is 16.7. The van der Waals surface area contributed by atoms with Crippen LogP contribution in [0.5, 0.6) is 0 Å². The van der Waals surface area contributed by atoms with E-state index in [-0.39, 0.29) is 5.56 Å². The molecule has 0 saturated heterocycles. The molecule has 1 aromatic rings. The van der Waals surface area contributed by atoms with Crippen molar-refractivity contribution in [3.05, 3.63) is 35.9 Å². The summed E-state index contributed by atoms with van der Waals surface area (Å²) in [6.45, 7) is 0.725. The number of aliphatic hydroxyl groups is 1. The zero-order valence-corrected chi connectivity index (χ0v) is 6.89. The van der Waals surface area contributed by atoms with Gasteiger partial charge >= 0.3 is 6.18 Å². The molecule has 0 saturated carbocycles. The van der Waals surface area contributed by atoms with Crippen LogP contribution in [0.4, 0.5) is 13.2 Å². The number of hydrogen-bond acceptors (Lipinski definition) is 1. The molecule has 0 aliphatic heterocycles. The van der Waals surface area contributed by atoms with Crippen LogP contribution in [0, 0.1) is 6.07 Å². The fourth-order valence-corrected chi connectivity index (χ4v) is 0.875. The van der Waals surface area contributed by atoms with Crippen LogP contribution < -0.4 is 0 Å². The molecular formula is C9H8F3O. The van der Waals surface area contributed by atoms with Crippen molar-refractivity contribution in [1.82, 2.24) is 0 Å². The Hall–Kier alpha value is -1.03. The van der Waals surface area contributed by atoms with Crippen LogP contribution in [0.1, 0.15) is 12.5 Å². The summed E-state index contributed by atoms with van der Waals surface area (Å²) >= 11 is 0. The molecule has 0 aromatic heterocycles. The Morgan fingerprint density at radius 1 is 1.23 bits per heavy atom. The highest BCUT2D eigenvalue weighted by Crippen LogP contribution is 2.37. The Labute approximate surface area is 73.8 Å². The largest absolute Gasteiger partial charge is 0.421 e. The maximum atomic E-state index is 12.3. The zero-order valence-electron chi connectivity index (χ0n) is 6.89. The molecule has 1 nitrogen and oxygen atoms in total. The van der Waals surface area contributed by atoms with Crippen molar-refractivity contribution in [2.75, 3.05) is 0 Å². The Balaban J connectivity index is 3.08. The SMILES string of the molecule is CC(O)(c1cc[c]cc1)C(F)(F)F. The second-order valence-electron chi connectivity index (χ2n) is 2.86. The van der Waals surface area contributed by atoms with Gasteiger partial charge in [-0.05, 0) is 18.6 Å². The average Bonchev–Trinajstić information content (AvgIpc) is 2.04. The highest BCUT2D eigenvalue weighted by Gasteiger charge is 2.50. The van der Waals surface area contributed by atoms with Gasteiger partial charge in [-0.25, -0.2) is 0 Å². The van der Waals surface area contributed by atoms with E-state index >= 15 is 0 Å². The third-order valence-corrected chi connectivity index (χ3v) is 1.83. The van der Waals surface area contributed by atoms with Crippen molar-refractivity contribution in [2.45, 2.75) is 18.7 Å². The van der Waals surface area contributed by atoms with E-state index in [1.165, 1.54) is 24.3 Å². The highest BCUT2D eigenvalue weighted by molar-refractivity contribution is 5.22. The first-order valence-corrected chi connectivity index (χ1v) is 3.61. The molecule has 13 heavy (non-hydrogen) atoms. The molecule has 0 bridgehead atoms. The molecule has 0 heterocycles. The summed E-state index contributed by atoms with van der Waals surface area (Å²) in [6, 6.07) is 7.61. The second kappa shape index (κ2) is 3.03. The lowest BCUT2D eigenvalue weighted by molar-refractivity contribution is -0.258. The summed E-state index contributed by atoms with van der Waals surface area (Å²) in [5, 5.41) is 9.18. The van der Waals surface area contributed by atoms with Crippen molar-refractivity contribution in [3.8, 4) is 0 Å². The molecule has 1 unspecified atom stereocenters. The Bertz CT molecular complexity index is 277. The Morgan fingerprint density at radius 2 is 1.69 bits per heavy atom. The smallest absolute Gasteiger partial charge is 0.376 e. The van der Waals surface area contributed by atoms with Gasteiger partial charge in [-0.3, -0.25) is 0 Å². The third-order valence-electron chi connectivity index (χ3n) is 1.83. The third kappa shape index (κ3) is 1.83. The molecule has 0 spiro atoms. The zero-order chi connectivity index (χ0) is 10.1. The van der Waals surface area contributed by atoms with Gasteiger partial charge in [-0.15, -0.1) is 0 Å². The first-order valence-electron chi connectivity index (χ1n) is 3.61. The maximum absolute atomic E-state index is 12.3. The van der Waals surface area contributed by atoms with Crippen molar-refractivity contribution >= 4 is 0 Å². The average molecular weight is 189 g/mol. The fourth-order valence-electron chi connectivity index (χ4n) is 0.875.